The van der Waals surface area contributed by atoms with Crippen molar-refractivity contribution in [3.63, 3.8) is 0 Å². The third kappa shape index (κ3) is 3.40. The molecule has 0 unspecified atom stereocenters. The van der Waals surface area contributed by atoms with E-state index in [1.165, 1.54) is 0 Å². The Labute approximate surface area is 147 Å². The number of hydrogen-bond acceptors (Lipinski definition) is 4. The van der Waals surface area contributed by atoms with Crippen LogP contribution in [0.2, 0.25) is 0 Å². The molecule has 7 heteroatoms. The van der Waals surface area contributed by atoms with Crippen molar-refractivity contribution in [2.75, 3.05) is 5.32 Å². The quantitative estimate of drug-likeness (QED) is 0.774. The van der Waals surface area contributed by atoms with Crippen LogP contribution in [0.1, 0.15) is 43.3 Å². The van der Waals surface area contributed by atoms with E-state index in [0.717, 1.165) is 28.0 Å². The predicted molar refractivity (Wildman–Crippen MR) is 97.5 cm³/mol. The number of fused-ring (bicyclic) bond motifs is 1. The predicted octanol–water partition coefficient (Wildman–Crippen LogP) is 2.93. The maximum absolute atomic E-state index is 12.3. The Kier molecular flexibility index (Phi) is 4.57. The van der Waals surface area contributed by atoms with Crippen LogP contribution in [0.15, 0.2) is 18.5 Å². The molecule has 0 radical (unpaired) electrons. The molecule has 7 nitrogen and oxygen atoms in total. The van der Waals surface area contributed by atoms with Gasteiger partial charge in [-0.3, -0.25) is 9.48 Å². The first kappa shape index (κ1) is 17.1. The number of nitrogens with one attached hydrogen (secondary N) is 1. The van der Waals surface area contributed by atoms with Gasteiger partial charge in [-0.2, -0.15) is 10.2 Å². The summed E-state index contributed by atoms with van der Waals surface area (Å²) in [5.41, 5.74) is 4.76. The molecule has 25 heavy (non-hydrogen) atoms. The van der Waals surface area contributed by atoms with Crippen LogP contribution in [0, 0.1) is 13.8 Å². The number of rotatable bonds is 5. The Morgan fingerprint density at radius 1 is 1.28 bits per heavy atom. The molecule has 3 rings (SSSR count). The summed E-state index contributed by atoms with van der Waals surface area (Å²) >= 11 is 0. The number of pyridine rings is 1. The topological polar surface area (TPSA) is 77.6 Å². The lowest BCUT2D eigenvalue weighted by Gasteiger charge is -2.08. The van der Waals surface area contributed by atoms with Gasteiger partial charge in [0, 0.05) is 30.6 Å². The van der Waals surface area contributed by atoms with E-state index < -0.39 is 0 Å². The van der Waals surface area contributed by atoms with Crippen LogP contribution in [0.25, 0.3) is 11.0 Å². The van der Waals surface area contributed by atoms with Crippen LogP contribution in [0.4, 0.5) is 5.69 Å². The highest BCUT2D eigenvalue weighted by atomic mass is 16.1. The van der Waals surface area contributed by atoms with Gasteiger partial charge in [-0.1, -0.05) is 0 Å². The van der Waals surface area contributed by atoms with Crippen LogP contribution in [0.3, 0.4) is 0 Å². The molecule has 0 fully saturated rings. The van der Waals surface area contributed by atoms with Gasteiger partial charge in [0.25, 0.3) is 0 Å². The van der Waals surface area contributed by atoms with Crippen molar-refractivity contribution in [1.82, 2.24) is 24.5 Å². The van der Waals surface area contributed by atoms with E-state index in [0.29, 0.717) is 18.5 Å². The second kappa shape index (κ2) is 6.66. The van der Waals surface area contributed by atoms with Gasteiger partial charge in [-0.05, 0) is 45.7 Å². The summed E-state index contributed by atoms with van der Waals surface area (Å²) in [6.45, 7) is 8.13. The molecule has 132 valence electrons. The van der Waals surface area contributed by atoms with E-state index in [4.69, 9.17) is 0 Å². The molecule has 0 spiro atoms. The highest BCUT2D eigenvalue weighted by Gasteiger charge is 2.13. The minimum atomic E-state index is -0.0277. The summed E-state index contributed by atoms with van der Waals surface area (Å²) in [6.07, 6.45) is 4.55. The molecule has 1 N–H and O–H groups in total. The minimum Gasteiger partial charge on any atom is -0.325 e. The largest absolute Gasteiger partial charge is 0.325 e. The Balaban J connectivity index is 1.67. The summed E-state index contributed by atoms with van der Waals surface area (Å²) in [4.78, 5) is 16.7. The van der Waals surface area contributed by atoms with Crippen molar-refractivity contribution in [2.24, 2.45) is 7.05 Å². The average Bonchev–Trinajstić information content (AvgIpc) is 3.07. The average molecular weight is 340 g/mol. The fourth-order valence-electron chi connectivity index (χ4n) is 3.03. The van der Waals surface area contributed by atoms with Crippen molar-refractivity contribution in [2.45, 2.75) is 46.6 Å². The number of nitrogens with zero attached hydrogens (tertiary/aromatic N) is 5. The molecule has 0 aliphatic rings. The van der Waals surface area contributed by atoms with Gasteiger partial charge in [0.05, 0.1) is 23.8 Å². The molecule has 3 aromatic rings. The van der Waals surface area contributed by atoms with E-state index in [1.54, 1.807) is 12.4 Å². The van der Waals surface area contributed by atoms with E-state index in [-0.39, 0.29) is 11.9 Å². The summed E-state index contributed by atoms with van der Waals surface area (Å²) < 4.78 is 3.72. The maximum Gasteiger partial charge on any atom is 0.224 e. The second-order valence-corrected chi connectivity index (χ2v) is 6.64. The van der Waals surface area contributed by atoms with E-state index in [9.17, 15) is 4.79 Å². The first-order valence-electron chi connectivity index (χ1n) is 8.49. The molecule has 0 atom stereocenters. The van der Waals surface area contributed by atoms with E-state index in [1.807, 2.05) is 36.3 Å². The van der Waals surface area contributed by atoms with Gasteiger partial charge < -0.3 is 5.32 Å². The zero-order valence-electron chi connectivity index (χ0n) is 15.4. The fraction of sp³-hybridized carbons (Fsp3) is 0.444. The standard InChI is InChI=1S/C18H24N6O/c1-11(2)24-18-14(9-20-24)8-15(10-19-18)21-17(25)7-6-16-12(3)22-23(5)13(16)4/h8-11H,6-7H2,1-5H3,(H,21,25). The highest BCUT2D eigenvalue weighted by Crippen LogP contribution is 2.20. The van der Waals surface area contributed by atoms with Crippen molar-refractivity contribution in [1.29, 1.82) is 0 Å². The molecule has 3 aromatic heterocycles. The number of hydrogen-bond donors (Lipinski definition) is 1. The van der Waals surface area contributed by atoms with Crippen LogP contribution in [-0.2, 0) is 18.3 Å². The molecule has 1 amide bonds. The summed E-state index contributed by atoms with van der Waals surface area (Å²) in [7, 11) is 1.92. The minimum absolute atomic E-state index is 0.0277. The number of aryl methyl sites for hydroxylation is 2. The normalized spacial score (nSPS) is 11.4. The lowest BCUT2D eigenvalue weighted by Crippen LogP contribution is -2.13. The first-order valence-corrected chi connectivity index (χ1v) is 8.49. The van der Waals surface area contributed by atoms with Gasteiger partial charge in [0.15, 0.2) is 5.65 Å². The lowest BCUT2D eigenvalue weighted by atomic mass is 10.1. The zero-order chi connectivity index (χ0) is 18.1. The summed E-state index contributed by atoms with van der Waals surface area (Å²) in [5, 5.41) is 12.6. The van der Waals surface area contributed by atoms with Crippen LogP contribution in [-0.4, -0.2) is 30.5 Å². The molecule has 0 aliphatic heterocycles. The molecule has 0 saturated heterocycles. The fourth-order valence-corrected chi connectivity index (χ4v) is 3.03. The van der Waals surface area contributed by atoms with Gasteiger partial charge in [-0.25, -0.2) is 9.67 Å². The van der Waals surface area contributed by atoms with E-state index in [2.05, 4.69) is 34.3 Å². The zero-order valence-corrected chi connectivity index (χ0v) is 15.4. The van der Waals surface area contributed by atoms with Crippen LogP contribution < -0.4 is 5.32 Å². The van der Waals surface area contributed by atoms with Gasteiger partial charge in [-0.15, -0.1) is 0 Å². The molecule has 0 aromatic carbocycles. The monoisotopic (exact) mass is 340 g/mol. The molecular weight excluding hydrogens is 316 g/mol. The first-order chi connectivity index (χ1) is 11.9. The number of carbonyl (C=O) groups is 1. The number of anilines is 1. The van der Waals surface area contributed by atoms with Gasteiger partial charge in [0.1, 0.15) is 0 Å². The SMILES string of the molecule is Cc1nn(C)c(C)c1CCC(=O)Nc1cnc2c(cnn2C(C)C)c1. The van der Waals surface area contributed by atoms with E-state index >= 15 is 0 Å². The molecule has 0 bridgehead atoms. The summed E-state index contributed by atoms with van der Waals surface area (Å²) in [6, 6.07) is 2.16. The molecule has 0 aliphatic carbocycles. The Morgan fingerprint density at radius 3 is 2.68 bits per heavy atom. The molecular formula is C18H24N6O. The third-order valence-electron chi connectivity index (χ3n) is 4.47. The van der Waals surface area contributed by atoms with Crippen molar-refractivity contribution in [3.05, 3.63) is 35.4 Å². The smallest absolute Gasteiger partial charge is 0.224 e. The lowest BCUT2D eigenvalue weighted by molar-refractivity contribution is -0.116. The molecule has 3 heterocycles. The molecule has 0 saturated carbocycles. The maximum atomic E-state index is 12.3. The van der Waals surface area contributed by atoms with Gasteiger partial charge >= 0.3 is 0 Å². The number of carbonyl (C=O) groups excluding carboxylic acids is 1. The highest BCUT2D eigenvalue weighted by molar-refractivity contribution is 5.92. The Bertz CT molecular complexity index is 921. The van der Waals surface area contributed by atoms with Crippen LogP contribution >= 0.6 is 0 Å². The summed E-state index contributed by atoms with van der Waals surface area (Å²) in [5.74, 6) is -0.0277. The third-order valence-corrected chi connectivity index (χ3v) is 4.47. The van der Waals surface area contributed by atoms with Gasteiger partial charge in [0.2, 0.25) is 5.91 Å². The van der Waals surface area contributed by atoms with Crippen molar-refractivity contribution < 1.29 is 4.79 Å². The Hall–Kier alpha value is -2.70. The Morgan fingerprint density at radius 2 is 2.04 bits per heavy atom. The van der Waals surface area contributed by atoms with Crippen LogP contribution in [0.5, 0.6) is 0 Å². The van der Waals surface area contributed by atoms with Crippen molar-refractivity contribution in [3.8, 4) is 0 Å². The number of amides is 1. The number of aromatic nitrogens is 5. The van der Waals surface area contributed by atoms with Crippen molar-refractivity contribution >= 4 is 22.6 Å². The second-order valence-electron chi connectivity index (χ2n) is 6.64.